The van der Waals surface area contributed by atoms with Crippen LogP contribution in [0.4, 0.5) is 10.5 Å². The Morgan fingerprint density at radius 2 is 1.70 bits per heavy atom. The average Bonchev–Trinajstić information content (AvgIpc) is 3.13. The zero-order valence-corrected chi connectivity index (χ0v) is 16.0. The summed E-state index contributed by atoms with van der Waals surface area (Å²) < 4.78 is 0. The first kappa shape index (κ1) is 19.0. The van der Waals surface area contributed by atoms with Crippen molar-refractivity contribution >= 4 is 17.6 Å². The largest absolute Gasteiger partial charge is 0.334 e. The first-order chi connectivity index (χ1) is 13.0. The van der Waals surface area contributed by atoms with Crippen LogP contribution < -0.4 is 16.0 Å². The van der Waals surface area contributed by atoms with Crippen molar-refractivity contribution in [2.75, 3.05) is 5.32 Å². The van der Waals surface area contributed by atoms with Gasteiger partial charge in [0.05, 0.1) is 0 Å². The smallest absolute Gasteiger partial charge is 0.315 e. The highest BCUT2D eigenvalue weighted by atomic mass is 16.2. The highest BCUT2D eigenvalue weighted by Gasteiger charge is 2.42. The third kappa shape index (κ3) is 4.67. The van der Waals surface area contributed by atoms with E-state index in [2.05, 4.69) is 16.0 Å². The Morgan fingerprint density at radius 3 is 2.37 bits per heavy atom. The Bertz CT molecular complexity index is 812. The molecule has 0 radical (unpaired) electrons. The maximum Gasteiger partial charge on any atom is 0.315 e. The normalized spacial score (nSPS) is 15.2. The maximum absolute atomic E-state index is 13.0. The van der Waals surface area contributed by atoms with Gasteiger partial charge in [-0.1, -0.05) is 60.9 Å². The van der Waals surface area contributed by atoms with E-state index in [1.165, 1.54) is 0 Å². The van der Waals surface area contributed by atoms with Crippen LogP contribution in [0, 0.1) is 13.8 Å². The van der Waals surface area contributed by atoms with E-state index in [-0.39, 0.29) is 11.9 Å². The molecule has 0 spiro atoms. The molecule has 0 saturated heterocycles. The monoisotopic (exact) mass is 365 g/mol. The van der Waals surface area contributed by atoms with Crippen molar-refractivity contribution in [1.82, 2.24) is 10.6 Å². The van der Waals surface area contributed by atoms with Crippen molar-refractivity contribution in [2.45, 2.75) is 51.6 Å². The van der Waals surface area contributed by atoms with Gasteiger partial charge in [-0.2, -0.15) is 0 Å². The van der Waals surface area contributed by atoms with Gasteiger partial charge in [0.25, 0.3) is 0 Å². The predicted molar refractivity (Wildman–Crippen MR) is 108 cm³/mol. The van der Waals surface area contributed by atoms with Crippen LogP contribution in [0.25, 0.3) is 0 Å². The Morgan fingerprint density at radius 1 is 1.00 bits per heavy atom. The molecule has 1 aliphatic carbocycles. The van der Waals surface area contributed by atoms with Crippen LogP contribution in [0.3, 0.4) is 0 Å². The second-order valence-corrected chi connectivity index (χ2v) is 7.35. The van der Waals surface area contributed by atoms with E-state index in [0.717, 1.165) is 35.2 Å². The second kappa shape index (κ2) is 8.25. The van der Waals surface area contributed by atoms with E-state index in [0.29, 0.717) is 19.4 Å². The van der Waals surface area contributed by atoms with Crippen LogP contribution >= 0.6 is 0 Å². The number of amides is 3. The molecule has 2 aromatic rings. The van der Waals surface area contributed by atoms with Crippen molar-refractivity contribution < 1.29 is 9.59 Å². The molecule has 27 heavy (non-hydrogen) atoms. The van der Waals surface area contributed by atoms with Gasteiger partial charge < -0.3 is 16.0 Å². The number of hydrogen-bond donors (Lipinski definition) is 3. The number of aryl methyl sites for hydroxylation is 2. The second-order valence-electron chi connectivity index (χ2n) is 7.35. The SMILES string of the molecule is Cc1ccc(NC(=O)C2(NC(=O)NCc3ccccc3)CCCC2)c(C)c1. The molecule has 1 saturated carbocycles. The summed E-state index contributed by atoms with van der Waals surface area (Å²) in [7, 11) is 0. The average molecular weight is 365 g/mol. The summed E-state index contributed by atoms with van der Waals surface area (Å²) in [5.74, 6) is -0.137. The Kier molecular flexibility index (Phi) is 5.79. The lowest BCUT2D eigenvalue weighted by Gasteiger charge is -2.29. The van der Waals surface area contributed by atoms with E-state index in [1.54, 1.807) is 0 Å². The topological polar surface area (TPSA) is 70.2 Å². The van der Waals surface area contributed by atoms with E-state index >= 15 is 0 Å². The van der Waals surface area contributed by atoms with E-state index in [9.17, 15) is 9.59 Å². The van der Waals surface area contributed by atoms with Gasteiger partial charge in [0.2, 0.25) is 5.91 Å². The molecule has 3 amide bonds. The summed E-state index contributed by atoms with van der Waals surface area (Å²) in [5, 5.41) is 8.83. The predicted octanol–water partition coefficient (Wildman–Crippen LogP) is 4.05. The van der Waals surface area contributed by atoms with Gasteiger partial charge in [-0.15, -0.1) is 0 Å². The lowest BCUT2D eigenvalue weighted by Crippen LogP contribution is -2.57. The molecule has 5 nitrogen and oxygen atoms in total. The molecule has 0 unspecified atom stereocenters. The van der Waals surface area contributed by atoms with Crippen molar-refractivity contribution in [3.8, 4) is 0 Å². The van der Waals surface area contributed by atoms with Crippen LogP contribution in [-0.2, 0) is 11.3 Å². The van der Waals surface area contributed by atoms with E-state index in [4.69, 9.17) is 0 Å². The molecule has 0 atom stereocenters. The minimum atomic E-state index is -0.849. The van der Waals surface area contributed by atoms with Gasteiger partial charge in [-0.3, -0.25) is 4.79 Å². The number of rotatable bonds is 5. The quantitative estimate of drug-likeness (QED) is 0.748. The number of carbonyl (C=O) groups excluding carboxylic acids is 2. The number of carbonyl (C=O) groups is 2. The van der Waals surface area contributed by atoms with E-state index < -0.39 is 5.54 Å². The fraction of sp³-hybridized carbons (Fsp3) is 0.364. The van der Waals surface area contributed by atoms with Crippen molar-refractivity contribution in [2.24, 2.45) is 0 Å². The third-order valence-electron chi connectivity index (χ3n) is 5.17. The van der Waals surface area contributed by atoms with Crippen LogP contribution in [0.5, 0.6) is 0 Å². The number of urea groups is 1. The van der Waals surface area contributed by atoms with Gasteiger partial charge in [-0.25, -0.2) is 4.79 Å². The zero-order valence-electron chi connectivity index (χ0n) is 16.0. The summed E-state index contributed by atoms with van der Waals surface area (Å²) >= 11 is 0. The lowest BCUT2D eigenvalue weighted by atomic mass is 9.96. The van der Waals surface area contributed by atoms with E-state index in [1.807, 2.05) is 62.4 Å². The summed E-state index contributed by atoms with van der Waals surface area (Å²) in [4.78, 5) is 25.5. The fourth-order valence-electron chi connectivity index (χ4n) is 3.62. The third-order valence-corrected chi connectivity index (χ3v) is 5.17. The summed E-state index contributed by atoms with van der Waals surface area (Å²) in [5.41, 5.74) is 3.14. The molecule has 1 aliphatic rings. The maximum atomic E-state index is 13.0. The van der Waals surface area contributed by atoms with Crippen LogP contribution in [0.15, 0.2) is 48.5 Å². The molecule has 0 aromatic heterocycles. The van der Waals surface area contributed by atoms with Crippen LogP contribution in [-0.4, -0.2) is 17.5 Å². The Balaban J connectivity index is 1.65. The Labute approximate surface area is 160 Å². The van der Waals surface area contributed by atoms with Gasteiger partial charge in [0, 0.05) is 12.2 Å². The standard InChI is InChI=1S/C22H27N3O2/c1-16-10-11-19(17(2)14-16)24-20(26)22(12-6-7-13-22)25-21(27)23-15-18-8-4-3-5-9-18/h3-5,8-11,14H,6-7,12-13,15H2,1-2H3,(H,24,26)(H2,23,25,27). The number of benzene rings is 2. The summed E-state index contributed by atoms with van der Waals surface area (Å²) in [6.07, 6.45) is 3.17. The number of anilines is 1. The first-order valence-corrected chi connectivity index (χ1v) is 9.47. The number of hydrogen-bond acceptors (Lipinski definition) is 2. The molecular weight excluding hydrogens is 338 g/mol. The molecule has 0 aliphatic heterocycles. The van der Waals surface area contributed by atoms with Crippen molar-refractivity contribution in [3.63, 3.8) is 0 Å². The molecule has 142 valence electrons. The zero-order chi connectivity index (χ0) is 19.3. The van der Waals surface area contributed by atoms with Gasteiger partial charge in [0.15, 0.2) is 0 Å². The first-order valence-electron chi connectivity index (χ1n) is 9.47. The minimum Gasteiger partial charge on any atom is -0.334 e. The lowest BCUT2D eigenvalue weighted by molar-refractivity contribution is -0.121. The highest BCUT2D eigenvalue weighted by molar-refractivity contribution is 6.01. The van der Waals surface area contributed by atoms with Crippen LogP contribution in [0.2, 0.25) is 0 Å². The molecule has 5 heteroatoms. The van der Waals surface area contributed by atoms with Gasteiger partial charge in [0.1, 0.15) is 5.54 Å². The molecule has 3 rings (SSSR count). The molecule has 3 N–H and O–H groups in total. The van der Waals surface area contributed by atoms with Crippen LogP contribution in [0.1, 0.15) is 42.4 Å². The van der Waals surface area contributed by atoms with Crippen molar-refractivity contribution in [3.05, 3.63) is 65.2 Å². The molecular formula is C22H27N3O2. The fourth-order valence-corrected chi connectivity index (χ4v) is 3.62. The molecule has 1 fully saturated rings. The van der Waals surface area contributed by atoms with Gasteiger partial charge in [-0.05, 0) is 43.9 Å². The Hall–Kier alpha value is -2.82. The summed E-state index contributed by atoms with van der Waals surface area (Å²) in [6.45, 7) is 4.43. The minimum absolute atomic E-state index is 0.137. The molecule has 0 heterocycles. The van der Waals surface area contributed by atoms with Gasteiger partial charge >= 0.3 is 6.03 Å². The van der Waals surface area contributed by atoms with Crippen molar-refractivity contribution in [1.29, 1.82) is 0 Å². The number of nitrogens with one attached hydrogen (secondary N) is 3. The highest BCUT2D eigenvalue weighted by Crippen LogP contribution is 2.31. The molecule has 2 aromatic carbocycles. The summed E-state index contributed by atoms with van der Waals surface area (Å²) in [6, 6.07) is 15.3. The molecule has 0 bridgehead atoms.